The van der Waals surface area contributed by atoms with Crippen LogP contribution >= 0.6 is 0 Å². The molecule has 0 saturated heterocycles. The number of carbonyl (C=O) groups is 2. The van der Waals surface area contributed by atoms with E-state index in [0.717, 1.165) is 16.7 Å². The van der Waals surface area contributed by atoms with E-state index in [0.29, 0.717) is 11.4 Å². The molecular weight excluding hydrogens is 366 g/mol. The largest absolute Gasteiger partial charge is 0.497 e. The van der Waals surface area contributed by atoms with E-state index in [9.17, 15) is 9.59 Å². The van der Waals surface area contributed by atoms with Crippen LogP contribution in [0.3, 0.4) is 0 Å². The van der Waals surface area contributed by atoms with Crippen molar-refractivity contribution >= 4 is 23.6 Å². The number of hydrogen-bond acceptors (Lipinski definition) is 4. The van der Waals surface area contributed by atoms with Gasteiger partial charge in [-0.1, -0.05) is 54.6 Å². The molecule has 0 fully saturated rings. The van der Waals surface area contributed by atoms with Crippen molar-refractivity contribution < 1.29 is 19.1 Å². The summed E-state index contributed by atoms with van der Waals surface area (Å²) in [6.07, 6.45) is 2.88. The monoisotopic (exact) mass is 387 g/mol. The number of methoxy groups -OCH3 is 1. The number of nitrogens with one attached hydrogen (secondary N) is 1. The number of rotatable bonds is 7. The smallest absolute Gasteiger partial charge is 0.331 e. The molecule has 0 aromatic heterocycles. The maximum absolute atomic E-state index is 12.0. The van der Waals surface area contributed by atoms with Gasteiger partial charge in [0.25, 0.3) is 5.91 Å². The zero-order chi connectivity index (χ0) is 20.5. The van der Waals surface area contributed by atoms with Crippen LogP contribution in [0.1, 0.15) is 5.56 Å². The number of ether oxygens (including phenoxy) is 2. The molecule has 0 atom stereocenters. The van der Waals surface area contributed by atoms with Crippen LogP contribution in [0.5, 0.6) is 5.75 Å². The molecule has 0 aliphatic heterocycles. The van der Waals surface area contributed by atoms with Gasteiger partial charge in [0.2, 0.25) is 0 Å². The Kier molecular flexibility index (Phi) is 6.79. The summed E-state index contributed by atoms with van der Waals surface area (Å²) in [4.78, 5) is 23.8. The highest BCUT2D eigenvalue weighted by atomic mass is 16.5. The highest BCUT2D eigenvalue weighted by Gasteiger charge is 2.06. The Morgan fingerprint density at radius 2 is 1.62 bits per heavy atom. The van der Waals surface area contributed by atoms with Crippen LogP contribution in [0, 0.1) is 0 Å². The fourth-order valence-corrected chi connectivity index (χ4v) is 2.67. The first kappa shape index (κ1) is 19.9. The van der Waals surface area contributed by atoms with E-state index in [-0.39, 0.29) is 6.61 Å². The number of esters is 1. The lowest BCUT2D eigenvalue weighted by atomic mass is 10.1. The number of benzene rings is 3. The van der Waals surface area contributed by atoms with Gasteiger partial charge in [0.05, 0.1) is 7.11 Å². The minimum Gasteiger partial charge on any atom is -0.497 e. The van der Waals surface area contributed by atoms with Crippen LogP contribution in [0.2, 0.25) is 0 Å². The second-order valence-corrected chi connectivity index (χ2v) is 6.21. The van der Waals surface area contributed by atoms with E-state index in [1.807, 2.05) is 72.8 Å². The minimum atomic E-state index is -0.595. The third-order valence-electron chi connectivity index (χ3n) is 4.13. The first-order valence-corrected chi connectivity index (χ1v) is 9.08. The zero-order valence-corrected chi connectivity index (χ0v) is 16.0. The lowest BCUT2D eigenvalue weighted by molar-refractivity contribution is -0.142. The fraction of sp³-hybridized carbons (Fsp3) is 0.0833. The Labute approximate surface area is 169 Å². The Morgan fingerprint density at radius 1 is 0.897 bits per heavy atom. The fourth-order valence-electron chi connectivity index (χ4n) is 2.67. The van der Waals surface area contributed by atoms with Crippen molar-refractivity contribution in [1.29, 1.82) is 0 Å². The van der Waals surface area contributed by atoms with Gasteiger partial charge in [-0.15, -0.1) is 0 Å². The van der Waals surface area contributed by atoms with Crippen molar-refractivity contribution in [3.63, 3.8) is 0 Å². The molecule has 0 aliphatic rings. The maximum Gasteiger partial charge on any atom is 0.331 e. The molecule has 0 unspecified atom stereocenters. The molecule has 3 aromatic rings. The van der Waals surface area contributed by atoms with Gasteiger partial charge in [-0.2, -0.15) is 0 Å². The van der Waals surface area contributed by atoms with Gasteiger partial charge in [0.15, 0.2) is 6.61 Å². The summed E-state index contributed by atoms with van der Waals surface area (Å²) in [6, 6.07) is 24.7. The minimum absolute atomic E-state index is 0.359. The molecule has 0 radical (unpaired) electrons. The van der Waals surface area contributed by atoms with Crippen LogP contribution < -0.4 is 10.1 Å². The van der Waals surface area contributed by atoms with Crippen molar-refractivity contribution in [2.75, 3.05) is 19.0 Å². The first-order valence-electron chi connectivity index (χ1n) is 9.08. The quantitative estimate of drug-likeness (QED) is 0.477. The standard InChI is InChI=1S/C24H21NO4/c1-28-22-9-5-6-18(16-22)10-15-24(27)29-17-23(26)25-21-13-11-20(12-14-21)19-7-3-2-4-8-19/h2-16H,17H2,1H3,(H,25,26)/b15-10+. The van der Waals surface area contributed by atoms with E-state index in [2.05, 4.69) is 5.32 Å². The van der Waals surface area contributed by atoms with Crippen LogP contribution in [0.25, 0.3) is 17.2 Å². The van der Waals surface area contributed by atoms with Gasteiger partial charge in [0, 0.05) is 11.8 Å². The highest BCUT2D eigenvalue weighted by molar-refractivity contribution is 5.94. The van der Waals surface area contributed by atoms with Crippen molar-refractivity contribution in [3.05, 3.63) is 90.5 Å². The average molecular weight is 387 g/mol. The normalized spacial score (nSPS) is 10.5. The van der Waals surface area contributed by atoms with Gasteiger partial charge >= 0.3 is 5.97 Å². The molecule has 1 amide bonds. The molecule has 5 heteroatoms. The van der Waals surface area contributed by atoms with Crippen molar-refractivity contribution in [3.8, 4) is 16.9 Å². The van der Waals surface area contributed by atoms with Gasteiger partial charge in [0.1, 0.15) is 5.75 Å². The second-order valence-electron chi connectivity index (χ2n) is 6.21. The molecule has 29 heavy (non-hydrogen) atoms. The molecule has 3 aromatic carbocycles. The Morgan fingerprint density at radius 3 is 2.34 bits per heavy atom. The van der Waals surface area contributed by atoms with Crippen molar-refractivity contribution in [1.82, 2.24) is 0 Å². The van der Waals surface area contributed by atoms with E-state index < -0.39 is 11.9 Å². The molecule has 0 saturated carbocycles. The van der Waals surface area contributed by atoms with Gasteiger partial charge in [-0.3, -0.25) is 4.79 Å². The maximum atomic E-state index is 12.0. The van der Waals surface area contributed by atoms with Gasteiger partial charge in [-0.25, -0.2) is 4.79 Å². The summed E-state index contributed by atoms with van der Waals surface area (Å²) in [5, 5.41) is 2.71. The van der Waals surface area contributed by atoms with Gasteiger partial charge in [-0.05, 0) is 47.0 Å². The van der Waals surface area contributed by atoms with E-state index in [1.54, 1.807) is 19.3 Å². The van der Waals surface area contributed by atoms with E-state index >= 15 is 0 Å². The Hall–Kier alpha value is -3.86. The van der Waals surface area contributed by atoms with Crippen LogP contribution in [-0.4, -0.2) is 25.6 Å². The predicted molar refractivity (Wildman–Crippen MR) is 113 cm³/mol. The molecular formula is C24H21NO4. The lowest BCUT2D eigenvalue weighted by Crippen LogP contribution is -2.20. The second kappa shape index (κ2) is 9.90. The molecule has 1 N–H and O–H groups in total. The number of anilines is 1. The van der Waals surface area contributed by atoms with E-state index in [1.165, 1.54) is 6.08 Å². The molecule has 0 bridgehead atoms. The molecule has 0 heterocycles. The number of amides is 1. The highest BCUT2D eigenvalue weighted by Crippen LogP contribution is 2.21. The third-order valence-corrected chi connectivity index (χ3v) is 4.13. The molecule has 3 rings (SSSR count). The molecule has 0 aliphatic carbocycles. The Bertz CT molecular complexity index is 995. The summed E-state index contributed by atoms with van der Waals surface area (Å²) < 4.78 is 10.1. The summed E-state index contributed by atoms with van der Waals surface area (Å²) in [5.74, 6) is -0.304. The van der Waals surface area contributed by atoms with Crippen LogP contribution in [0.4, 0.5) is 5.69 Å². The SMILES string of the molecule is COc1cccc(/C=C/C(=O)OCC(=O)Nc2ccc(-c3ccccc3)cc2)c1. The molecule has 0 spiro atoms. The topological polar surface area (TPSA) is 64.6 Å². The Balaban J connectivity index is 1.48. The average Bonchev–Trinajstić information content (AvgIpc) is 2.77. The first-order chi connectivity index (χ1) is 14.1. The predicted octanol–water partition coefficient (Wildman–Crippen LogP) is 4.56. The van der Waals surface area contributed by atoms with E-state index in [4.69, 9.17) is 9.47 Å². The summed E-state index contributed by atoms with van der Waals surface area (Å²) in [5.41, 5.74) is 3.58. The summed E-state index contributed by atoms with van der Waals surface area (Å²) in [6.45, 7) is -0.359. The third kappa shape index (κ3) is 6.07. The van der Waals surface area contributed by atoms with Crippen molar-refractivity contribution in [2.45, 2.75) is 0 Å². The van der Waals surface area contributed by atoms with Crippen LogP contribution in [-0.2, 0) is 14.3 Å². The van der Waals surface area contributed by atoms with Crippen LogP contribution in [0.15, 0.2) is 84.9 Å². The summed E-state index contributed by atoms with van der Waals surface area (Å²) in [7, 11) is 1.57. The van der Waals surface area contributed by atoms with Gasteiger partial charge < -0.3 is 14.8 Å². The number of carbonyl (C=O) groups excluding carboxylic acids is 2. The van der Waals surface area contributed by atoms with Crippen molar-refractivity contribution in [2.24, 2.45) is 0 Å². The molecule has 5 nitrogen and oxygen atoms in total. The lowest BCUT2D eigenvalue weighted by Gasteiger charge is -2.07. The molecule has 146 valence electrons. The zero-order valence-electron chi connectivity index (χ0n) is 16.0. The number of hydrogen-bond donors (Lipinski definition) is 1. The summed E-state index contributed by atoms with van der Waals surface area (Å²) >= 11 is 0.